The fraction of sp³-hybridized carbons (Fsp3) is 0.647. The molecule has 2 heterocycles. The summed E-state index contributed by atoms with van der Waals surface area (Å²) in [6.07, 6.45) is 2.70. The van der Waals surface area contributed by atoms with Gasteiger partial charge in [0.2, 0.25) is 0 Å². The smallest absolute Gasteiger partial charge is 0.121 e. The van der Waals surface area contributed by atoms with Crippen LogP contribution in [0.25, 0.3) is 0 Å². The lowest BCUT2D eigenvalue weighted by Crippen LogP contribution is -2.52. The maximum Gasteiger partial charge on any atom is 0.121 e. The summed E-state index contributed by atoms with van der Waals surface area (Å²) in [6.45, 7) is 7.55. The number of aryl methyl sites for hydroxylation is 1. The van der Waals surface area contributed by atoms with Crippen molar-refractivity contribution in [3.05, 3.63) is 29.3 Å². The van der Waals surface area contributed by atoms with E-state index in [2.05, 4.69) is 34.9 Å². The number of rotatable bonds is 4. The standard InChI is InChI=1S/C17H27N3O/c1-13-10-14(5-6-17(13)21-2)16(11-18)20-9-8-19-7-3-4-15(19)12-20/h5-6,10,15-16H,3-4,7-9,11-12,18H2,1-2H3. The summed E-state index contributed by atoms with van der Waals surface area (Å²) in [5.74, 6) is 0.954. The van der Waals surface area contributed by atoms with Gasteiger partial charge < -0.3 is 10.5 Å². The largest absolute Gasteiger partial charge is 0.496 e. The fourth-order valence-corrected chi connectivity index (χ4v) is 3.90. The van der Waals surface area contributed by atoms with Crippen LogP contribution in [0.4, 0.5) is 0 Å². The number of ether oxygens (including phenoxy) is 1. The van der Waals surface area contributed by atoms with Crippen LogP contribution in [-0.2, 0) is 0 Å². The van der Waals surface area contributed by atoms with Crippen molar-refractivity contribution < 1.29 is 4.74 Å². The normalized spacial score (nSPS) is 24.8. The minimum Gasteiger partial charge on any atom is -0.496 e. The first-order chi connectivity index (χ1) is 10.2. The quantitative estimate of drug-likeness (QED) is 0.917. The van der Waals surface area contributed by atoms with Gasteiger partial charge in [-0.05, 0) is 43.5 Å². The summed E-state index contributed by atoms with van der Waals surface area (Å²) in [5.41, 5.74) is 8.62. The molecule has 2 aliphatic heterocycles. The highest BCUT2D eigenvalue weighted by Gasteiger charge is 2.33. The predicted octanol–water partition coefficient (Wildman–Crippen LogP) is 1.78. The van der Waals surface area contributed by atoms with Crippen LogP contribution in [0.3, 0.4) is 0 Å². The molecule has 2 saturated heterocycles. The zero-order valence-corrected chi connectivity index (χ0v) is 13.2. The maximum atomic E-state index is 6.11. The number of hydrogen-bond donors (Lipinski definition) is 1. The van der Waals surface area contributed by atoms with Gasteiger partial charge >= 0.3 is 0 Å². The number of nitrogens with two attached hydrogens (primary N) is 1. The average molecular weight is 289 g/mol. The Labute approximate surface area is 127 Å². The van der Waals surface area contributed by atoms with E-state index < -0.39 is 0 Å². The third-order valence-electron chi connectivity index (χ3n) is 5.09. The van der Waals surface area contributed by atoms with Crippen LogP contribution in [0.1, 0.15) is 30.0 Å². The van der Waals surface area contributed by atoms with Crippen LogP contribution in [-0.4, -0.2) is 55.7 Å². The highest BCUT2D eigenvalue weighted by Crippen LogP contribution is 2.29. The summed E-state index contributed by atoms with van der Waals surface area (Å²) >= 11 is 0. The van der Waals surface area contributed by atoms with Gasteiger partial charge in [0.1, 0.15) is 5.75 Å². The van der Waals surface area contributed by atoms with Crippen LogP contribution in [0, 0.1) is 6.92 Å². The summed E-state index contributed by atoms with van der Waals surface area (Å²) in [6, 6.07) is 7.55. The van der Waals surface area contributed by atoms with Gasteiger partial charge in [0.15, 0.2) is 0 Å². The lowest BCUT2D eigenvalue weighted by Gasteiger charge is -2.41. The van der Waals surface area contributed by atoms with Gasteiger partial charge in [-0.15, -0.1) is 0 Å². The zero-order chi connectivity index (χ0) is 14.8. The highest BCUT2D eigenvalue weighted by molar-refractivity contribution is 5.37. The summed E-state index contributed by atoms with van der Waals surface area (Å²) in [4.78, 5) is 5.22. The van der Waals surface area contributed by atoms with Crippen molar-refractivity contribution in [2.24, 2.45) is 5.73 Å². The van der Waals surface area contributed by atoms with Crippen molar-refractivity contribution in [1.82, 2.24) is 9.80 Å². The van der Waals surface area contributed by atoms with E-state index in [4.69, 9.17) is 10.5 Å². The first-order valence-corrected chi connectivity index (χ1v) is 8.05. The van der Waals surface area contributed by atoms with Crippen LogP contribution in [0.2, 0.25) is 0 Å². The number of piperazine rings is 1. The molecule has 0 aliphatic carbocycles. The average Bonchev–Trinajstić information content (AvgIpc) is 2.96. The minimum absolute atomic E-state index is 0.331. The molecule has 3 rings (SSSR count). The molecule has 1 aromatic rings. The molecule has 0 bridgehead atoms. The Balaban J connectivity index is 1.76. The van der Waals surface area contributed by atoms with E-state index in [1.165, 1.54) is 37.1 Å². The lowest BCUT2D eigenvalue weighted by molar-refractivity contribution is 0.0737. The van der Waals surface area contributed by atoms with E-state index in [1.807, 2.05) is 0 Å². The molecule has 116 valence electrons. The highest BCUT2D eigenvalue weighted by atomic mass is 16.5. The Bertz CT molecular complexity index is 491. The molecule has 1 aromatic carbocycles. The van der Waals surface area contributed by atoms with Crippen LogP contribution < -0.4 is 10.5 Å². The molecule has 2 aliphatic rings. The Kier molecular flexibility index (Phi) is 4.48. The molecule has 2 N–H and O–H groups in total. The van der Waals surface area contributed by atoms with Gasteiger partial charge in [-0.3, -0.25) is 9.80 Å². The SMILES string of the molecule is COc1ccc(C(CN)N2CCN3CCCC3C2)cc1C. The summed E-state index contributed by atoms with van der Waals surface area (Å²) in [5, 5.41) is 0. The molecule has 0 saturated carbocycles. The third kappa shape index (κ3) is 2.93. The van der Waals surface area contributed by atoms with Crippen LogP contribution >= 0.6 is 0 Å². The van der Waals surface area contributed by atoms with Crippen molar-refractivity contribution >= 4 is 0 Å². The van der Waals surface area contributed by atoms with E-state index in [-0.39, 0.29) is 0 Å². The molecular weight excluding hydrogens is 262 g/mol. The predicted molar refractivity (Wildman–Crippen MR) is 85.7 cm³/mol. The Morgan fingerprint density at radius 2 is 2.19 bits per heavy atom. The summed E-state index contributed by atoms with van der Waals surface area (Å²) < 4.78 is 5.36. The number of nitrogens with zero attached hydrogens (tertiary/aromatic N) is 2. The van der Waals surface area contributed by atoms with Gasteiger partial charge in [0.25, 0.3) is 0 Å². The Morgan fingerprint density at radius 3 is 2.90 bits per heavy atom. The molecule has 0 amide bonds. The van der Waals surface area contributed by atoms with Gasteiger partial charge in [-0.25, -0.2) is 0 Å². The molecule has 0 spiro atoms. The van der Waals surface area contributed by atoms with E-state index >= 15 is 0 Å². The zero-order valence-electron chi connectivity index (χ0n) is 13.2. The van der Waals surface area contributed by atoms with Gasteiger partial charge in [0, 0.05) is 38.3 Å². The van der Waals surface area contributed by atoms with E-state index in [0.717, 1.165) is 24.9 Å². The van der Waals surface area contributed by atoms with E-state index in [1.54, 1.807) is 7.11 Å². The topological polar surface area (TPSA) is 41.7 Å². The number of hydrogen-bond acceptors (Lipinski definition) is 4. The molecule has 2 atom stereocenters. The lowest BCUT2D eigenvalue weighted by atomic mass is 10.0. The van der Waals surface area contributed by atoms with E-state index in [0.29, 0.717) is 12.6 Å². The van der Waals surface area contributed by atoms with Crippen molar-refractivity contribution in [3.8, 4) is 5.75 Å². The molecule has 2 fully saturated rings. The first-order valence-electron chi connectivity index (χ1n) is 8.05. The van der Waals surface area contributed by atoms with Crippen molar-refractivity contribution in [2.75, 3.05) is 39.8 Å². The third-order valence-corrected chi connectivity index (χ3v) is 5.09. The molecular formula is C17H27N3O. The van der Waals surface area contributed by atoms with Gasteiger partial charge in [0.05, 0.1) is 7.11 Å². The van der Waals surface area contributed by atoms with Crippen LogP contribution in [0.5, 0.6) is 5.75 Å². The number of methoxy groups -OCH3 is 1. The van der Waals surface area contributed by atoms with E-state index in [9.17, 15) is 0 Å². The second-order valence-electron chi connectivity index (χ2n) is 6.31. The Morgan fingerprint density at radius 1 is 1.33 bits per heavy atom. The molecule has 4 nitrogen and oxygen atoms in total. The second kappa shape index (κ2) is 6.34. The van der Waals surface area contributed by atoms with Crippen molar-refractivity contribution in [3.63, 3.8) is 0 Å². The number of fused-ring (bicyclic) bond motifs is 1. The summed E-state index contributed by atoms with van der Waals surface area (Å²) in [7, 11) is 1.72. The van der Waals surface area contributed by atoms with Crippen molar-refractivity contribution in [2.45, 2.75) is 31.8 Å². The second-order valence-corrected chi connectivity index (χ2v) is 6.31. The van der Waals surface area contributed by atoms with Crippen molar-refractivity contribution in [1.29, 1.82) is 0 Å². The maximum absolute atomic E-state index is 6.11. The molecule has 21 heavy (non-hydrogen) atoms. The monoisotopic (exact) mass is 289 g/mol. The fourth-order valence-electron chi connectivity index (χ4n) is 3.90. The minimum atomic E-state index is 0.331. The molecule has 2 unspecified atom stereocenters. The van der Waals surface area contributed by atoms with Gasteiger partial charge in [-0.2, -0.15) is 0 Å². The molecule has 4 heteroatoms. The van der Waals surface area contributed by atoms with Crippen LogP contribution in [0.15, 0.2) is 18.2 Å². The molecule has 0 aromatic heterocycles. The number of benzene rings is 1. The first kappa shape index (κ1) is 14.8. The Hall–Kier alpha value is -1.10. The molecule has 0 radical (unpaired) electrons. The van der Waals surface area contributed by atoms with Gasteiger partial charge in [-0.1, -0.05) is 12.1 Å².